The summed E-state index contributed by atoms with van der Waals surface area (Å²) < 4.78 is 19.2. The number of allylic oxidation sites excluding steroid dienone is 1. The Morgan fingerprint density at radius 2 is 2.14 bits per heavy atom. The molecule has 1 aliphatic carbocycles. The molecule has 2 rings (SSSR count). The highest BCUT2D eigenvalue weighted by Crippen LogP contribution is 2.41. The van der Waals surface area contributed by atoms with Crippen molar-refractivity contribution in [3.05, 3.63) is 41.5 Å². The van der Waals surface area contributed by atoms with Gasteiger partial charge in [0, 0.05) is 6.42 Å². The molecule has 2 atom stereocenters. The van der Waals surface area contributed by atoms with E-state index in [1.165, 1.54) is 0 Å². The van der Waals surface area contributed by atoms with Crippen LogP contribution in [0.4, 0.5) is 0 Å². The number of rotatable bonds is 1. The number of fused-ring (bicyclic) bond motifs is 1. The van der Waals surface area contributed by atoms with Crippen molar-refractivity contribution in [3.8, 4) is 0 Å². The van der Waals surface area contributed by atoms with Crippen molar-refractivity contribution >= 4 is 28.8 Å². The van der Waals surface area contributed by atoms with Crippen LogP contribution in [0.2, 0.25) is 0 Å². The van der Waals surface area contributed by atoms with E-state index in [1.807, 2.05) is 30.4 Å². The lowest BCUT2D eigenvalue weighted by Crippen LogP contribution is -2.26. The van der Waals surface area contributed by atoms with E-state index >= 15 is 0 Å². The molecule has 1 N–H and O–H groups in total. The first-order valence-electron chi connectivity index (χ1n) is 4.20. The lowest BCUT2D eigenvalue weighted by molar-refractivity contribution is 0.539. The fourth-order valence-corrected chi connectivity index (χ4v) is 2.47. The van der Waals surface area contributed by atoms with Gasteiger partial charge >= 0.3 is 0 Å². The van der Waals surface area contributed by atoms with Crippen molar-refractivity contribution in [1.29, 1.82) is 0 Å². The van der Waals surface area contributed by atoms with Gasteiger partial charge in [0.2, 0.25) is 0 Å². The summed E-state index contributed by atoms with van der Waals surface area (Å²) in [4.78, 5) is 0. The summed E-state index contributed by atoms with van der Waals surface area (Å²) in [6.45, 7) is 0. The average molecular weight is 229 g/mol. The van der Waals surface area contributed by atoms with Gasteiger partial charge in [0.25, 0.3) is 0 Å². The van der Waals surface area contributed by atoms with E-state index in [0.29, 0.717) is 6.42 Å². The van der Waals surface area contributed by atoms with E-state index in [0.717, 1.165) is 11.1 Å². The predicted molar refractivity (Wildman–Crippen MR) is 58.4 cm³/mol. The normalized spacial score (nSPS) is 27.0. The topological polar surface area (TPSA) is 37.3 Å². The Kier molecular flexibility index (Phi) is 2.47. The fraction of sp³-hybridized carbons (Fsp3) is 0.200. The highest BCUT2D eigenvalue weighted by Gasteiger charge is 2.38. The van der Waals surface area contributed by atoms with Gasteiger partial charge in [0.15, 0.2) is 15.3 Å². The molecule has 0 saturated carbocycles. The maximum absolute atomic E-state index is 11.2. The van der Waals surface area contributed by atoms with Gasteiger partial charge in [-0.3, -0.25) is 0 Å². The maximum atomic E-state index is 11.2. The lowest BCUT2D eigenvalue weighted by Gasteiger charge is -2.26. The Hall–Kier alpha value is -0.640. The quantitative estimate of drug-likeness (QED) is 0.593. The molecule has 1 aliphatic rings. The summed E-state index contributed by atoms with van der Waals surface area (Å²) >= 11 is 4.07. The zero-order valence-electron chi connectivity index (χ0n) is 7.31. The molecule has 0 aromatic heterocycles. The maximum Gasteiger partial charge on any atom is 0.179 e. The number of hydrogen-bond donors (Lipinski definition) is 1. The third-order valence-electron chi connectivity index (χ3n) is 2.32. The smallest absolute Gasteiger partial charge is 0.179 e. The molecule has 2 nitrogen and oxygen atoms in total. The third kappa shape index (κ3) is 1.41. The molecule has 2 unspecified atom stereocenters. The molecular weight excluding hydrogens is 220 g/mol. The molecule has 0 heterocycles. The average Bonchev–Trinajstić information content (AvgIpc) is 2.18. The zero-order valence-corrected chi connectivity index (χ0v) is 8.89. The second-order valence-corrected chi connectivity index (χ2v) is 5.24. The minimum Gasteiger partial charge on any atom is -0.304 e. The number of halogens is 1. The summed E-state index contributed by atoms with van der Waals surface area (Å²) in [5.74, 6) is 0. The standard InChI is InChI=1S/C10H9ClO2S/c11-10(14(12)13)7-3-5-8-4-1-2-6-9(8)10/h1-6H,7H2,(H,12,13). The highest BCUT2D eigenvalue weighted by atomic mass is 35.5. The summed E-state index contributed by atoms with van der Waals surface area (Å²) in [6, 6.07) is 7.38. The molecule has 1 aromatic rings. The van der Waals surface area contributed by atoms with E-state index in [-0.39, 0.29) is 0 Å². The molecule has 14 heavy (non-hydrogen) atoms. The van der Waals surface area contributed by atoms with Gasteiger partial charge in [-0.25, -0.2) is 4.21 Å². The van der Waals surface area contributed by atoms with E-state index in [1.54, 1.807) is 6.07 Å². The molecule has 0 bridgehead atoms. The van der Waals surface area contributed by atoms with Crippen LogP contribution in [-0.2, 0) is 15.3 Å². The van der Waals surface area contributed by atoms with Crippen molar-refractivity contribution in [3.63, 3.8) is 0 Å². The van der Waals surface area contributed by atoms with Crippen LogP contribution in [0.5, 0.6) is 0 Å². The predicted octanol–water partition coefficient (Wildman–Crippen LogP) is 2.72. The summed E-state index contributed by atoms with van der Waals surface area (Å²) in [5.41, 5.74) is 1.64. The first kappa shape index (κ1) is 9.90. The second kappa shape index (κ2) is 3.50. The van der Waals surface area contributed by atoms with Crippen LogP contribution in [0, 0.1) is 0 Å². The molecule has 0 saturated heterocycles. The molecule has 0 amide bonds. The third-order valence-corrected chi connectivity index (χ3v) is 4.01. The van der Waals surface area contributed by atoms with Gasteiger partial charge in [-0.15, -0.1) is 0 Å². The Labute approximate surface area is 89.9 Å². The van der Waals surface area contributed by atoms with Crippen molar-refractivity contribution in [2.75, 3.05) is 0 Å². The van der Waals surface area contributed by atoms with Crippen molar-refractivity contribution < 1.29 is 8.76 Å². The van der Waals surface area contributed by atoms with E-state index in [2.05, 4.69) is 0 Å². The Balaban J connectivity index is 2.61. The molecule has 1 aromatic carbocycles. The summed E-state index contributed by atoms with van der Waals surface area (Å²) in [5, 5.41) is 0. The molecule has 74 valence electrons. The monoisotopic (exact) mass is 228 g/mol. The Bertz CT molecular complexity index is 416. The van der Waals surface area contributed by atoms with Gasteiger partial charge in [-0.05, 0) is 11.1 Å². The minimum atomic E-state index is -2.06. The van der Waals surface area contributed by atoms with Crippen molar-refractivity contribution in [1.82, 2.24) is 0 Å². The van der Waals surface area contributed by atoms with Crippen molar-refractivity contribution in [2.24, 2.45) is 0 Å². The molecular formula is C10H9ClO2S. The van der Waals surface area contributed by atoms with Crippen LogP contribution >= 0.6 is 11.6 Å². The summed E-state index contributed by atoms with van der Waals surface area (Å²) in [6.07, 6.45) is 4.13. The Morgan fingerprint density at radius 3 is 2.86 bits per heavy atom. The summed E-state index contributed by atoms with van der Waals surface area (Å²) in [7, 11) is 0. The van der Waals surface area contributed by atoms with E-state index in [4.69, 9.17) is 11.6 Å². The van der Waals surface area contributed by atoms with Gasteiger partial charge in [0.1, 0.15) is 0 Å². The first-order chi connectivity index (χ1) is 6.64. The highest BCUT2D eigenvalue weighted by molar-refractivity contribution is 7.81. The van der Waals surface area contributed by atoms with Crippen LogP contribution in [0.3, 0.4) is 0 Å². The van der Waals surface area contributed by atoms with E-state index in [9.17, 15) is 8.76 Å². The largest absolute Gasteiger partial charge is 0.304 e. The van der Waals surface area contributed by atoms with Crippen LogP contribution < -0.4 is 0 Å². The van der Waals surface area contributed by atoms with E-state index < -0.39 is 15.3 Å². The SMILES string of the molecule is O=S(O)C1(Cl)CC=Cc2ccccc21. The van der Waals surface area contributed by atoms with Crippen LogP contribution in [-0.4, -0.2) is 8.76 Å². The molecule has 4 heteroatoms. The zero-order chi connectivity index (χ0) is 10.2. The van der Waals surface area contributed by atoms with Crippen LogP contribution in [0.25, 0.3) is 6.08 Å². The minimum absolute atomic E-state index is 0.384. The molecule has 0 fully saturated rings. The van der Waals surface area contributed by atoms with Gasteiger partial charge in [-0.2, -0.15) is 0 Å². The lowest BCUT2D eigenvalue weighted by atomic mass is 9.97. The second-order valence-electron chi connectivity index (χ2n) is 3.17. The van der Waals surface area contributed by atoms with Gasteiger partial charge in [0.05, 0.1) is 0 Å². The van der Waals surface area contributed by atoms with Gasteiger partial charge in [-0.1, -0.05) is 48.0 Å². The number of hydrogen-bond acceptors (Lipinski definition) is 1. The molecule has 0 aliphatic heterocycles. The fourth-order valence-electron chi connectivity index (χ4n) is 1.60. The molecule has 0 spiro atoms. The van der Waals surface area contributed by atoms with Gasteiger partial charge < -0.3 is 4.55 Å². The number of alkyl halides is 1. The Morgan fingerprint density at radius 1 is 1.43 bits per heavy atom. The molecule has 0 radical (unpaired) electrons. The number of benzene rings is 1. The van der Waals surface area contributed by atoms with Crippen LogP contribution in [0.15, 0.2) is 30.3 Å². The van der Waals surface area contributed by atoms with Crippen molar-refractivity contribution in [2.45, 2.75) is 10.6 Å². The first-order valence-corrected chi connectivity index (χ1v) is 5.69. The van der Waals surface area contributed by atoms with Crippen LogP contribution in [0.1, 0.15) is 17.5 Å².